The van der Waals surface area contributed by atoms with Crippen LogP contribution in [0, 0.1) is 0 Å². The van der Waals surface area contributed by atoms with Crippen molar-refractivity contribution < 1.29 is 19.1 Å². The Hall–Kier alpha value is -1.43. The maximum atomic E-state index is 11.9. The summed E-state index contributed by atoms with van der Waals surface area (Å²) in [4.78, 5) is 27.2. The molecule has 2 rings (SSSR count). The van der Waals surface area contributed by atoms with E-state index < -0.39 is 12.9 Å². The first-order chi connectivity index (χ1) is 8.90. The number of nitrogens with two attached hydrogens (primary N) is 1. The Kier molecular flexibility index (Phi) is 3.62. The third-order valence-corrected chi connectivity index (χ3v) is 4.44. The van der Waals surface area contributed by atoms with E-state index in [9.17, 15) is 14.4 Å². The van der Waals surface area contributed by atoms with Gasteiger partial charge < -0.3 is 20.3 Å². The highest BCUT2D eigenvalue weighted by atomic mass is 31.2. The molecule has 0 fully saturated rings. The van der Waals surface area contributed by atoms with Crippen molar-refractivity contribution in [2.45, 2.75) is 31.5 Å². The molecule has 7 nitrogen and oxygen atoms in total. The molecule has 0 bridgehead atoms. The number of ether oxygens (including phenoxy) is 1. The molecule has 0 amide bonds. The molecule has 0 aromatic carbocycles. The van der Waals surface area contributed by atoms with Crippen molar-refractivity contribution in [3.05, 3.63) is 29.8 Å². The molecule has 0 aliphatic carbocycles. The van der Waals surface area contributed by atoms with Gasteiger partial charge in [0.25, 0.3) is 5.34 Å². The van der Waals surface area contributed by atoms with Gasteiger partial charge in [0.05, 0.1) is 6.26 Å². The Labute approximate surface area is 110 Å². The quantitative estimate of drug-likeness (QED) is 0.713. The third-order valence-electron chi connectivity index (χ3n) is 3.00. The van der Waals surface area contributed by atoms with Crippen molar-refractivity contribution in [1.82, 2.24) is 9.97 Å². The lowest BCUT2D eigenvalue weighted by Gasteiger charge is -2.30. The summed E-state index contributed by atoms with van der Waals surface area (Å²) in [6.45, 7) is 1.96. The number of nitrogen functional groups attached to an aromatic ring is 1. The van der Waals surface area contributed by atoms with E-state index in [0.29, 0.717) is 12.0 Å². The topological polar surface area (TPSA) is 119 Å². The van der Waals surface area contributed by atoms with Gasteiger partial charge in [-0.15, -0.1) is 0 Å². The van der Waals surface area contributed by atoms with E-state index in [4.69, 9.17) is 10.5 Å². The van der Waals surface area contributed by atoms with Crippen molar-refractivity contribution >= 4 is 13.5 Å². The first-order valence-electron chi connectivity index (χ1n) is 5.91. The van der Waals surface area contributed by atoms with E-state index in [0.717, 1.165) is 6.42 Å². The summed E-state index contributed by atoms with van der Waals surface area (Å²) in [6, 6.07) is 0. The van der Waals surface area contributed by atoms with Crippen LogP contribution < -0.4 is 5.73 Å². The van der Waals surface area contributed by atoms with Crippen molar-refractivity contribution in [2.24, 2.45) is 0 Å². The highest BCUT2D eigenvalue weighted by Crippen LogP contribution is 2.61. The van der Waals surface area contributed by atoms with E-state index in [1.807, 2.05) is 6.92 Å². The Morgan fingerprint density at radius 1 is 1.58 bits per heavy atom. The molecule has 1 aliphatic heterocycles. The SMILES string of the molecule is CCCc1cnc(N)nc1C1(P(=O)(O)O)CC=CO1. The van der Waals surface area contributed by atoms with Crippen LogP contribution in [0.4, 0.5) is 5.95 Å². The standard InChI is InChI=1S/C11H16N3O4P/c1-2-4-8-7-13-10(12)14-9(8)11(19(15,16)17)5-3-6-18-11/h3,6-7H,2,4-5H2,1H3,(H2,12,13,14)(H2,15,16,17). The summed E-state index contributed by atoms with van der Waals surface area (Å²) in [5, 5.41) is -1.77. The van der Waals surface area contributed by atoms with Crippen LogP contribution in [0.1, 0.15) is 31.0 Å². The van der Waals surface area contributed by atoms with E-state index in [1.54, 1.807) is 6.08 Å². The minimum atomic E-state index is -4.57. The van der Waals surface area contributed by atoms with Crippen molar-refractivity contribution in [2.75, 3.05) is 5.73 Å². The van der Waals surface area contributed by atoms with Crippen molar-refractivity contribution in [3.63, 3.8) is 0 Å². The van der Waals surface area contributed by atoms with Crippen LogP contribution in [0.5, 0.6) is 0 Å². The maximum absolute atomic E-state index is 11.9. The Balaban J connectivity index is 2.60. The summed E-state index contributed by atoms with van der Waals surface area (Å²) < 4.78 is 17.1. The highest BCUT2D eigenvalue weighted by Gasteiger charge is 2.54. The van der Waals surface area contributed by atoms with Gasteiger partial charge in [-0.1, -0.05) is 13.3 Å². The fraction of sp³-hybridized carbons (Fsp3) is 0.455. The van der Waals surface area contributed by atoms with Gasteiger partial charge >= 0.3 is 7.60 Å². The number of aryl methyl sites for hydroxylation is 1. The second-order valence-corrected chi connectivity index (χ2v) is 6.18. The number of nitrogens with zero attached hydrogens (tertiary/aromatic N) is 2. The monoisotopic (exact) mass is 285 g/mol. The smallest absolute Gasteiger partial charge is 0.375 e. The summed E-state index contributed by atoms with van der Waals surface area (Å²) in [5.41, 5.74) is 6.37. The van der Waals surface area contributed by atoms with Gasteiger partial charge in [0, 0.05) is 12.6 Å². The molecule has 0 spiro atoms. The zero-order chi connectivity index (χ0) is 14.1. The van der Waals surface area contributed by atoms with Crippen molar-refractivity contribution in [3.8, 4) is 0 Å². The summed E-state index contributed by atoms with van der Waals surface area (Å²) in [5.74, 6) is -0.0295. The van der Waals surface area contributed by atoms with Crippen LogP contribution >= 0.6 is 7.60 Å². The molecular weight excluding hydrogens is 269 g/mol. The van der Waals surface area contributed by atoms with Gasteiger partial charge in [-0.3, -0.25) is 4.57 Å². The Morgan fingerprint density at radius 2 is 2.32 bits per heavy atom. The molecule has 19 heavy (non-hydrogen) atoms. The summed E-state index contributed by atoms with van der Waals surface area (Å²) in [7, 11) is -4.57. The molecule has 0 saturated carbocycles. The lowest BCUT2D eigenvalue weighted by molar-refractivity contribution is 0.0863. The van der Waals surface area contributed by atoms with Crippen LogP contribution in [0.25, 0.3) is 0 Å². The lowest BCUT2D eigenvalue weighted by Crippen LogP contribution is -2.28. The summed E-state index contributed by atoms with van der Waals surface area (Å²) in [6.07, 6.45) is 5.80. The second-order valence-electron chi connectivity index (χ2n) is 4.37. The molecule has 1 atom stereocenters. The van der Waals surface area contributed by atoms with Crippen molar-refractivity contribution in [1.29, 1.82) is 0 Å². The van der Waals surface area contributed by atoms with Crippen LogP contribution in [0.2, 0.25) is 0 Å². The number of aromatic nitrogens is 2. The number of anilines is 1. The summed E-state index contributed by atoms with van der Waals surface area (Å²) >= 11 is 0. The zero-order valence-electron chi connectivity index (χ0n) is 10.5. The Bertz CT molecular complexity index is 547. The molecule has 1 aromatic heterocycles. The van der Waals surface area contributed by atoms with Gasteiger partial charge in [0.2, 0.25) is 5.95 Å². The van der Waals surface area contributed by atoms with Crippen LogP contribution in [-0.2, 0) is 21.1 Å². The molecule has 1 aliphatic rings. The minimum Gasteiger partial charge on any atom is -0.476 e. The molecule has 4 N–H and O–H groups in total. The lowest BCUT2D eigenvalue weighted by atomic mass is 10.0. The van der Waals surface area contributed by atoms with Crippen LogP contribution in [-0.4, -0.2) is 19.8 Å². The first-order valence-corrected chi connectivity index (χ1v) is 7.52. The largest absolute Gasteiger partial charge is 0.476 e. The number of hydrogen-bond acceptors (Lipinski definition) is 5. The average Bonchev–Trinajstić information content (AvgIpc) is 2.81. The van der Waals surface area contributed by atoms with E-state index in [-0.39, 0.29) is 18.1 Å². The zero-order valence-corrected chi connectivity index (χ0v) is 11.4. The fourth-order valence-corrected chi connectivity index (χ4v) is 3.12. The number of rotatable bonds is 4. The van der Waals surface area contributed by atoms with Gasteiger partial charge in [0.15, 0.2) is 0 Å². The molecule has 0 saturated heterocycles. The third kappa shape index (κ3) is 2.36. The average molecular weight is 285 g/mol. The van der Waals surface area contributed by atoms with Gasteiger partial charge in [0.1, 0.15) is 5.69 Å². The fourth-order valence-electron chi connectivity index (χ4n) is 2.11. The first kappa shape index (κ1) is 14.0. The molecule has 2 heterocycles. The molecule has 1 unspecified atom stereocenters. The minimum absolute atomic E-state index is 0.0295. The Morgan fingerprint density at radius 3 is 2.84 bits per heavy atom. The predicted octanol–water partition coefficient (Wildman–Crippen LogP) is 1.28. The highest BCUT2D eigenvalue weighted by molar-refractivity contribution is 7.52. The van der Waals surface area contributed by atoms with Crippen LogP contribution in [0.15, 0.2) is 18.5 Å². The van der Waals surface area contributed by atoms with Gasteiger partial charge in [-0.2, -0.15) is 0 Å². The van der Waals surface area contributed by atoms with Crippen LogP contribution in [0.3, 0.4) is 0 Å². The predicted molar refractivity (Wildman–Crippen MR) is 69.0 cm³/mol. The molecule has 1 aromatic rings. The second kappa shape index (κ2) is 4.92. The number of hydrogen-bond donors (Lipinski definition) is 3. The molecule has 104 valence electrons. The molecule has 0 radical (unpaired) electrons. The normalized spacial score (nSPS) is 22.5. The molecular formula is C11H16N3O4P. The van der Waals surface area contributed by atoms with Gasteiger partial charge in [-0.05, 0) is 18.1 Å². The van der Waals surface area contributed by atoms with Gasteiger partial charge in [-0.25, -0.2) is 9.97 Å². The molecule has 8 heteroatoms. The van der Waals surface area contributed by atoms with E-state index in [2.05, 4.69) is 9.97 Å². The van der Waals surface area contributed by atoms with E-state index >= 15 is 0 Å². The van der Waals surface area contributed by atoms with E-state index in [1.165, 1.54) is 12.5 Å². The maximum Gasteiger partial charge on any atom is 0.375 e.